The second-order valence-corrected chi connectivity index (χ2v) is 7.36. The number of benzene rings is 2. The molecule has 0 atom stereocenters. The second kappa shape index (κ2) is 7.06. The number of anilines is 1. The minimum Gasteiger partial charge on any atom is -0.325 e. The van der Waals surface area contributed by atoms with E-state index in [9.17, 15) is 18.0 Å². The number of carbonyl (C=O) groups excluding carboxylic acids is 1. The zero-order valence-electron chi connectivity index (χ0n) is 13.8. The molecule has 1 heterocycles. The van der Waals surface area contributed by atoms with Crippen molar-refractivity contribution < 1.29 is 13.2 Å². The van der Waals surface area contributed by atoms with Gasteiger partial charge in [0.1, 0.15) is 6.54 Å². The van der Waals surface area contributed by atoms with Crippen LogP contribution in [-0.4, -0.2) is 30.9 Å². The minimum atomic E-state index is -3.53. The quantitative estimate of drug-likeness (QED) is 0.693. The number of hydrogen-bond acceptors (Lipinski definition) is 5. The highest BCUT2D eigenvalue weighted by atomic mass is 32.2. The number of rotatable bonds is 5. The van der Waals surface area contributed by atoms with Gasteiger partial charge in [-0.3, -0.25) is 14.2 Å². The number of aromatic nitrogens is 2. The van der Waals surface area contributed by atoms with Crippen molar-refractivity contribution >= 4 is 32.5 Å². The number of para-hydroxylation sites is 1. The Hall–Kier alpha value is -3.04. The molecule has 1 amide bonds. The van der Waals surface area contributed by atoms with Crippen LogP contribution < -0.4 is 15.6 Å². The van der Waals surface area contributed by atoms with Crippen LogP contribution >= 0.6 is 0 Å². The first-order valence-electron chi connectivity index (χ1n) is 7.68. The van der Waals surface area contributed by atoms with E-state index in [1.54, 1.807) is 24.3 Å². The maximum atomic E-state index is 12.4. The standard InChI is InChI=1S/C17H16N4O4S/c1-18-26(24,25)13-8-6-12(7-9-13)20-16(22)10-21-11-19-15-5-3-2-4-14(15)17(21)23/h2-9,11,18H,10H2,1H3,(H,20,22). The molecule has 0 unspecified atom stereocenters. The smallest absolute Gasteiger partial charge is 0.261 e. The second-order valence-electron chi connectivity index (χ2n) is 5.47. The Morgan fingerprint density at radius 2 is 1.81 bits per heavy atom. The first-order chi connectivity index (χ1) is 12.4. The van der Waals surface area contributed by atoms with E-state index in [0.29, 0.717) is 16.6 Å². The molecule has 0 aliphatic carbocycles. The zero-order chi connectivity index (χ0) is 18.7. The summed E-state index contributed by atoms with van der Waals surface area (Å²) >= 11 is 0. The van der Waals surface area contributed by atoms with Crippen molar-refractivity contribution in [2.24, 2.45) is 0 Å². The molecule has 0 spiro atoms. The van der Waals surface area contributed by atoms with Gasteiger partial charge >= 0.3 is 0 Å². The number of fused-ring (bicyclic) bond motifs is 1. The first-order valence-corrected chi connectivity index (χ1v) is 9.17. The summed E-state index contributed by atoms with van der Waals surface area (Å²) in [5, 5.41) is 3.06. The monoisotopic (exact) mass is 372 g/mol. The van der Waals surface area contributed by atoms with Gasteiger partial charge in [0.15, 0.2) is 0 Å². The molecule has 0 aliphatic heterocycles. The molecule has 1 aromatic heterocycles. The van der Waals surface area contributed by atoms with Gasteiger partial charge in [-0.05, 0) is 43.4 Å². The van der Waals surface area contributed by atoms with Gasteiger partial charge in [0.25, 0.3) is 5.56 Å². The Balaban J connectivity index is 1.75. The molecule has 0 radical (unpaired) electrons. The van der Waals surface area contributed by atoms with Gasteiger partial charge in [-0.25, -0.2) is 18.1 Å². The fraction of sp³-hybridized carbons (Fsp3) is 0.118. The lowest BCUT2D eigenvalue weighted by molar-refractivity contribution is -0.116. The summed E-state index contributed by atoms with van der Waals surface area (Å²) in [5.74, 6) is -0.423. The summed E-state index contributed by atoms with van der Waals surface area (Å²) in [6, 6.07) is 12.6. The fourth-order valence-electron chi connectivity index (χ4n) is 2.41. The number of sulfonamides is 1. The first kappa shape index (κ1) is 17.8. The van der Waals surface area contributed by atoms with Crippen LogP contribution in [-0.2, 0) is 21.4 Å². The third-order valence-electron chi connectivity index (χ3n) is 3.76. The van der Waals surface area contributed by atoms with Crippen molar-refractivity contribution in [3.8, 4) is 0 Å². The summed E-state index contributed by atoms with van der Waals surface area (Å²) in [5.41, 5.74) is 0.684. The Morgan fingerprint density at radius 3 is 2.50 bits per heavy atom. The number of nitrogens with zero attached hydrogens (tertiary/aromatic N) is 2. The molecule has 0 saturated carbocycles. The SMILES string of the molecule is CNS(=O)(=O)c1ccc(NC(=O)Cn2cnc3ccccc3c2=O)cc1. The summed E-state index contributed by atoms with van der Waals surface area (Å²) in [7, 11) is -2.21. The normalized spacial score (nSPS) is 11.4. The summed E-state index contributed by atoms with van der Waals surface area (Å²) in [6.07, 6.45) is 1.33. The van der Waals surface area contributed by atoms with Gasteiger partial charge in [-0.1, -0.05) is 12.1 Å². The molecular formula is C17H16N4O4S. The molecule has 134 valence electrons. The van der Waals surface area contributed by atoms with E-state index in [1.165, 1.54) is 42.2 Å². The fourth-order valence-corrected chi connectivity index (χ4v) is 3.14. The topological polar surface area (TPSA) is 110 Å². The highest BCUT2D eigenvalue weighted by molar-refractivity contribution is 7.89. The van der Waals surface area contributed by atoms with Crippen LogP contribution in [0.4, 0.5) is 5.69 Å². The van der Waals surface area contributed by atoms with Crippen molar-refractivity contribution in [1.82, 2.24) is 14.3 Å². The summed E-state index contributed by atoms with van der Waals surface area (Å²) in [6.45, 7) is -0.201. The Kier molecular flexibility index (Phi) is 4.83. The number of carbonyl (C=O) groups is 1. The Bertz CT molecular complexity index is 1120. The lowest BCUT2D eigenvalue weighted by atomic mass is 10.2. The van der Waals surface area contributed by atoms with Crippen molar-refractivity contribution in [2.75, 3.05) is 12.4 Å². The van der Waals surface area contributed by atoms with Crippen LogP contribution in [0.3, 0.4) is 0 Å². The highest BCUT2D eigenvalue weighted by Gasteiger charge is 2.12. The molecule has 0 fully saturated rings. The largest absolute Gasteiger partial charge is 0.325 e. The average molecular weight is 372 g/mol. The lowest BCUT2D eigenvalue weighted by Gasteiger charge is -2.09. The molecule has 8 nitrogen and oxygen atoms in total. The highest BCUT2D eigenvalue weighted by Crippen LogP contribution is 2.13. The molecule has 2 aromatic carbocycles. The van der Waals surface area contributed by atoms with Crippen molar-refractivity contribution in [2.45, 2.75) is 11.4 Å². The van der Waals surface area contributed by atoms with Crippen molar-refractivity contribution in [3.05, 3.63) is 65.2 Å². The molecule has 0 aliphatic rings. The van der Waals surface area contributed by atoms with E-state index in [2.05, 4.69) is 15.0 Å². The van der Waals surface area contributed by atoms with Gasteiger partial charge < -0.3 is 5.32 Å². The maximum Gasteiger partial charge on any atom is 0.261 e. The Labute approximate surface area is 149 Å². The van der Waals surface area contributed by atoms with Gasteiger partial charge in [0.05, 0.1) is 22.1 Å². The number of nitrogens with one attached hydrogen (secondary N) is 2. The minimum absolute atomic E-state index is 0.0907. The van der Waals surface area contributed by atoms with Gasteiger partial charge in [0.2, 0.25) is 15.9 Å². The maximum absolute atomic E-state index is 12.4. The van der Waals surface area contributed by atoms with E-state index in [1.807, 2.05) is 0 Å². The van der Waals surface area contributed by atoms with Gasteiger partial charge in [-0.15, -0.1) is 0 Å². The van der Waals surface area contributed by atoms with Crippen LogP contribution in [0.2, 0.25) is 0 Å². The molecule has 26 heavy (non-hydrogen) atoms. The lowest BCUT2D eigenvalue weighted by Crippen LogP contribution is -2.27. The van der Waals surface area contributed by atoms with E-state index in [4.69, 9.17) is 0 Å². The molecule has 0 saturated heterocycles. The van der Waals surface area contributed by atoms with Crippen molar-refractivity contribution in [3.63, 3.8) is 0 Å². The van der Waals surface area contributed by atoms with E-state index >= 15 is 0 Å². The van der Waals surface area contributed by atoms with E-state index in [-0.39, 0.29) is 17.0 Å². The Morgan fingerprint density at radius 1 is 1.12 bits per heavy atom. The molecule has 3 rings (SSSR count). The predicted molar refractivity (Wildman–Crippen MR) is 97.3 cm³/mol. The summed E-state index contributed by atoms with van der Waals surface area (Å²) < 4.78 is 26.8. The third-order valence-corrected chi connectivity index (χ3v) is 5.19. The van der Waals surface area contributed by atoms with Gasteiger partial charge in [-0.2, -0.15) is 0 Å². The predicted octanol–water partition coefficient (Wildman–Crippen LogP) is 0.943. The van der Waals surface area contributed by atoms with Crippen LogP contribution in [0.1, 0.15) is 0 Å². The summed E-state index contributed by atoms with van der Waals surface area (Å²) in [4.78, 5) is 28.8. The third kappa shape index (κ3) is 3.63. The number of amides is 1. The van der Waals surface area contributed by atoms with Crippen LogP contribution in [0.5, 0.6) is 0 Å². The van der Waals surface area contributed by atoms with Crippen LogP contribution in [0.15, 0.2) is 64.5 Å². The van der Waals surface area contributed by atoms with E-state index < -0.39 is 15.9 Å². The van der Waals surface area contributed by atoms with Crippen molar-refractivity contribution in [1.29, 1.82) is 0 Å². The molecule has 2 N–H and O–H groups in total. The average Bonchev–Trinajstić information content (AvgIpc) is 2.65. The van der Waals surface area contributed by atoms with E-state index in [0.717, 1.165) is 0 Å². The van der Waals surface area contributed by atoms with Crippen LogP contribution in [0, 0.1) is 0 Å². The molecule has 3 aromatic rings. The number of hydrogen-bond donors (Lipinski definition) is 2. The molecule has 0 bridgehead atoms. The molecule has 9 heteroatoms. The van der Waals surface area contributed by atoms with Crippen LogP contribution in [0.25, 0.3) is 10.9 Å². The molecular weight excluding hydrogens is 356 g/mol. The zero-order valence-corrected chi connectivity index (χ0v) is 14.7. The van der Waals surface area contributed by atoms with Gasteiger partial charge in [0, 0.05) is 5.69 Å².